The van der Waals surface area contributed by atoms with Gasteiger partial charge in [-0.3, -0.25) is 4.79 Å². The van der Waals surface area contributed by atoms with Crippen molar-refractivity contribution < 1.29 is 18.0 Å². The number of aryl methyl sites for hydroxylation is 1. The molecule has 0 spiro atoms. The first kappa shape index (κ1) is 12.7. The van der Waals surface area contributed by atoms with E-state index >= 15 is 0 Å². The van der Waals surface area contributed by atoms with Crippen molar-refractivity contribution in [2.45, 2.75) is 32.0 Å². The summed E-state index contributed by atoms with van der Waals surface area (Å²) in [4.78, 5) is 10.9. The number of benzene rings is 1. The first-order chi connectivity index (χ1) is 8.38. The summed E-state index contributed by atoms with van der Waals surface area (Å²) in [6.07, 6.45) is -3.16. The number of anilines is 2. The monoisotopic (exact) mass is 258 g/mol. The van der Waals surface area contributed by atoms with Crippen LogP contribution in [0.25, 0.3) is 0 Å². The molecule has 1 unspecified atom stereocenters. The predicted octanol–water partition coefficient (Wildman–Crippen LogP) is 2.93. The lowest BCUT2D eigenvalue weighted by atomic mass is 9.98. The van der Waals surface area contributed by atoms with Gasteiger partial charge in [0.05, 0.1) is 11.4 Å². The van der Waals surface area contributed by atoms with E-state index in [1.165, 1.54) is 6.07 Å². The molecule has 2 N–H and O–H groups in total. The zero-order chi connectivity index (χ0) is 13.3. The molecular formula is C12H13F3N2O. The van der Waals surface area contributed by atoms with Gasteiger partial charge < -0.3 is 10.6 Å². The molecule has 3 nitrogen and oxygen atoms in total. The summed E-state index contributed by atoms with van der Waals surface area (Å²) >= 11 is 0. The van der Waals surface area contributed by atoms with Gasteiger partial charge in [0.1, 0.15) is 0 Å². The average molecular weight is 258 g/mol. The Morgan fingerprint density at radius 2 is 2.17 bits per heavy atom. The molecule has 0 radical (unpaired) electrons. The minimum absolute atomic E-state index is 0.182. The van der Waals surface area contributed by atoms with Crippen LogP contribution >= 0.6 is 0 Å². The Hall–Kier alpha value is -1.72. The normalized spacial score (nSPS) is 18.8. The molecule has 6 heteroatoms. The van der Waals surface area contributed by atoms with Crippen LogP contribution in [0.2, 0.25) is 0 Å². The van der Waals surface area contributed by atoms with Crippen LogP contribution in [0.4, 0.5) is 24.5 Å². The number of carbonyl (C=O) groups excluding carboxylic acids is 1. The third kappa shape index (κ3) is 2.57. The molecule has 1 aromatic rings. The fraction of sp³-hybridized carbons (Fsp3) is 0.417. The number of halogens is 3. The number of hydrogen-bond acceptors (Lipinski definition) is 2. The maximum atomic E-state index is 12.2. The molecule has 0 aromatic heterocycles. The SMILES string of the molecule is CC1CCc2cccc(NC(=O)C(F)(F)F)c2N1. The highest BCUT2D eigenvalue weighted by molar-refractivity contribution is 5.98. The van der Waals surface area contributed by atoms with E-state index < -0.39 is 12.1 Å². The molecule has 0 bridgehead atoms. The van der Waals surface area contributed by atoms with E-state index in [-0.39, 0.29) is 11.7 Å². The Bertz CT molecular complexity index is 471. The predicted molar refractivity (Wildman–Crippen MR) is 62.5 cm³/mol. The van der Waals surface area contributed by atoms with Crippen LogP contribution in [0.3, 0.4) is 0 Å². The molecule has 1 aliphatic heterocycles. The van der Waals surface area contributed by atoms with Gasteiger partial charge in [0.2, 0.25) is 0 Å². The van der Waals surface area contributed by atoms with Crippen LogP contribution in [-0.2, 0) is 11.2 Å². The number of fused-ring (bicyclic) bond motifs is 1. The molecule has 1 atom stereocenters. The lowest BCUT2D eigenvalue weighted by molar-refractivity contribution is -0.167. The van der Waals surface area contributed by atoms with Gasteiger partial charge >= 0.3 is 12.1 Å². The number of alkyl halides is 3. The molecule has 1 amide bonds. The van der Waals surface area contributed by atoms with Crippen LogP contribution in [-0.4, -0.2) is 18.1 Å². The van der Waals surface area contributed by atoms with E-state index in [4.69, 9.17) is 0 Å². The molecule has 98 valence electrons. The van der Waals surface area contributed by atoms with Gasteiger partial charge in [-0.05, 0) is 31.4 Å². The molecule has 0 saturated carbocycles. The third-order valence-corrected chi connectivity index (χ3v) is 2.89. The van der Waals surface area contributed by atoms with Crippen molar-refractivity contribution in [3.05, 3.63) is 23.8 Å². The van der Waals surface area contributed by atoms with Gasteiger partial charge in [-0.1, -0.05) is 12.1 Å². The van der Waals surface area contributed by atoms with E-state index in [0.717, 1.165) is 18.4 Å². The minimum Gasteiger partial charge on any atom is -0.381 e. The van der Waals surface area contributed by atoms with Crippen molar-refractivity contribution in [1.82, 2.24) is 0 Å². The lowest BCUT2D eigenvalue weighted by Crippen LogP contribution is -2.31. The summed E-state index contributed by atoms with van der Waals surface area (Å²) < 4.78 is 36.6. The van der Waals surface area contributed by atoms with Gasteiger partial charge in [-0.25, -0.2) is 0 Å². The molecule has 0 aliphatic carbocycles. The summed E-state index contributed by atoms with van der Waals surface area (Å²) in [5.41, 5.74) is 1.70. The van der Waals surface area contributed by atoms with Crippen LogP contribution in [0.15, 0.2) is 18.2 Å². The quantitative estimate of drug-likeness (QED) is 0.813. The molecule has 2 rings (SSSR count). The topological polar surface area (TPSA) is 41.1 Å². The van der Waals surface area contributed by atoms with Gasteiger partial charge in [0.25, 0.3) is 0 Å². The van der Waals surface area contributed by atoms with Crippen LogP contribution in [0, 0.1) is 0 Å². The fourth-order valence-corrected chi connectivity index (χ4v) is 1.97. The van der Waals surface area contributed by atoms with E-state index in [2.05, 4.69) is 5.32 Å². The summed E-state index contributed by atoms with van der Waals surface area (Å²) in [5, 5.41) is 5.01. The number of hydrogen-bond donors (Lipinski definition) is 2. The van der Waals surface area contributed by atoms with E-state index in [0.29, 0.717) is 5.69 Å². The zero-order valence-corrected chi connectivity index (χ0v) is 9.77. The maximum Gasteiger partial charge on any atom is 0.471 e. The number of nitrogens with one attached hydrogen (secondary N) is 2. The smallest absolute Gasteiger partial charge is 0.381 e. The van der Waals surface area contributed by atoms with Gasteiger partial charge in [-0.2, -0.15) is 13.2 Å². The zero-order valence-electron chi connectivity index (χ0n) is 9.77. The second-order valence-electron chi connectivity index (χ2n) is 4.38. The van der Waals surface area contributed by atoms with E-state index in [9.17, 15) is 18.0 Å². The van der Waals surface area contributed by atoms with Crippen LogP contribution < -0.4 is 10.6 Å². The number of carbonyl (C=O) groups is 1. The molecular weight excluding hydrogens is 245 g/mol. The average Bonchev–Trinajstić information content (AvgIpc) is 2.28. The molecule has 0 fully saturated rings. The van der Waals surface area contributed by atoms with Crippen molar-refractivity contribution in [2.24, 2.45) is 0 Å². The fourth-order valence-electron chi connectivity index (χ4n) is 1.97. The first-order valence-corrected chi connectivity index (χ1v) is 5.64. The van der Waals surface area contributed by atoms with Crippen molar-refractivity contribution in [3.8, 4) is 0 Å². The Labute approximate surface area is 102 Å². The Morgan fingerprint density at radius 1 is 1.44 bits per heavy atom. The Kier molecular flexibility index (Phi) is 3.19. The molecule has 1 aliphatic rings. The van der Waals surface area contributed by atoms with E-state index in [1.807, 2.05) is 18.3 Å². The minimum atomic E-state index is -4.87. The highest BCUT2D eigenvalue weighted by Crippen LogP contribution is 2.33. The van der Waals surface area contributed by atoms with Crippen molar-refractivity contribution >= 4 is 17.3 Å². The maximum absolute atomic E-state index is 12.2. The van der Waals surface area contributed by atoms with Gasteiger partial charge in [0.15, 0.2) is 0 Å². The molecule has 0 saturated heterocycles. The largest absolute Gasteiger partial charge is 0.471 e. The summed E-state index contributed by atoms with van der Waals surface area (Å²) in [6.45, 7) is 1.95. The van der Waals surface area contributed by atoms with Crippen molar-refractivity contribution in [3.63, 3.8) is 0 Å². The number of amides is 1. The number of para-hydroxylation sites is 1. The Balaban J connectivity index is 2.27. The summed E-state index contributed by atoms with van der Waals surface area (Å²) in [5.74, 6) is -1.95. The Morgan fingerprint density at radius 3 is 2.83 bits per heavy atom. The molecule has 18 heavy (non-hydrogen) atoms. The first-order valence-electron chi connectivity index (χ1n) is 5.64. The van der Waals surface area contributed by atoms with Gasteiger partial charge in [-0.15, -0.1) is 0 Å². The van der Waals surface area contributed by atoms with E-state index in [1.54, 1.807) is 6.07 Å². The van der Waals surface area contributed by atoms with Crippen LogP contribution in [0.5, 0.6) is 0 Å². The standard InChI is InChI=1S/C12H13F3N2O/c1-7-5-6-8-3-2-4-9(10(8)16-7)17-11(18)12(13,14)15/h2-4,7,16H,5-6H2,1H3,(H,17,18). The summed E-state index contributed by atoms with van der Waals surface area (Å²) in [6, 6.07) is 5.13. The highest BCUT2D eigenvalue weighted by Gasteiger charge is 2.39. The summed E-state index contributed by atoms with van der Waals surface area (Å²) in [7, 11) is 0. The van der Waals surface area contributed by atoms with Crippen molar-refractivity contribution in [1.29, 1.82) is 0 Å². The third-order valence-electron chi connectivity index (χ3n) is 2.89. The number of rotatable bonds is 1. The van der Waals surface area contributed by atoms with Gasteiger partial charge in [0, 0.05) is 6.04 Å². The molecule has 1 heterocycles. The lowest BCUT2D eigenvalue weighted by Gasteiger charge is -2.26. The van der Waals surface area contributed by atoms with Crippen LogP contribution in [0.1, 0.15) is 18.9 Å². The van der Waals surface area contributed by atoms with Crippen molar-refractivity contribution in [2.75, 3.05) is 10.6 Å². The second kappa shape index (κ2) is 4.51. The highest BCUT2D eigenvalue weighted by atomic mass is 19.4. The molecule has 1 aromatic carbocycles. The second-order valence-corrected chi connectivity index (χ2v) is 4.38.